The molecule has 0 saturated carbocycles. The molecule has 5 nitrogen and oxygen atoms in total. The molecule has 110 valence electrons. The number of aryl methyl sites for hydroxylation is 1. The van der Waals surface area contributed by atoms with Crippen molar-refractivity contribution in [3.05, 3.63) is 40.2 Å². The SMILES string of the molecule is CCOC(=O)CN1c2cccnc2NC1c1ccc(C)s1. The zero-order chi connectivity index (χ0) is 14.8. The van der Waals surface area contributed by atoms with Gasteiger partial charge in [0, 0.05) is 16.0 Å². The van der Waals surface area contributed by atoms with Gasteiger partial charge in [-0.3, -0.25) is 4.79 Å². The maximum atomic E-state index is 11.9. The van der Waals surface area contributed by atoms with Gasteiger partial charge in [0.25, 0.3) is 0 Å². The summed E-state index contributed by atoms with van der Waals surface area (Å²) in [5.74, 6) is 0.576. The third kappa shape index (κ3) is 2.71. The van der Waals surface area contributed by atoms with E-state index < -0.39 is 0 Å². The Hall–Kier alpha value is -2.08. The minimum atomic E-state index is -0.228. The Balaban J connectivity index is 1.91. The van der Waals surface area contributed by atoms with Crippen LogP contribution in [0.15, 0.2) is 30.5 Å². The Kier molecular flexibility index (Phi) is 3.79. The first kappa shape index (κ1) is 13.9. The lowest BCUT2D eigenvalue weighted by atomic mass is 10.3. The molecule has 0 spiro atoms. The third-order valence-corrected chi connectivity index (χ3v) is 4.37. The second-order valence-corrected chi connectivity index (χ2v) is 6.12. The number of aromatic nitrogens is 1. The smallest absolute Gasteiger partial charge is 0.325 e. The number of carbonyl (C=O) groups is 1. The van der Waals surface area contributed by atoms with Gasteiger partial charge in [-0.1, -0.05) is 0 Å². The molecule has 0 amide bonds. The van der Waals surface area contributed by atoms with Gasteiger partial charge in [-0.05, 0) is 38.1 Å². The Bertz CT molecular complexity index is 656. The number of pyridine rings is 1. The fourth-order valence-corrected chi connectivity index (χ4v) is 3.38. The van der Waals surface area contributed by atoms with Gasteiger partial charge in [-0.15, -0.1) is 11.3 Å². The van der Waals surface area contributed by atoms with Crippen molar-refractivity contribution < 1.29 is 9.53 Å². The van der Waals surface area contributed by atoms with Crippen LogP contribution in [0, 0.1) is 6.92 Å². The number of fused-ring (bicyclic) bond motifs is 1. The molecule has 0 radical (unpaired) electrons. The number of rotatable bonds is 4. The van der Waals surface area contributed by atoms with E-state index in [-0.39, 0.29) is 18.7 Å². The summed E-state index contributed by atoms with van der Waals surface area (Å²) in [6.45, 7) is 4.49. The first-order valence-electron chi connectivity index (χ1n) is 6.89. The zero-order valence-corrected chi connectivity index (χ0v) is 12.8. The molecule has 0 fully saturated rings. The lowest BCUT2D eigenvalue weighted by molar-refractivity contribution is -0.141. The third-order valence-electron chi connectivity index (χ3n) is 3.32. The fraction of sp³-hybridized carbons (Fsp3) is 0.333. The standard InChI is InChI=1S/C15H17N3O2S/c1-3-20-13(19)9-18-11-5-4-8-16-14(11)17-15(18)12-7-6-10(2)21-12/h4-8,15H,3,9H2,1-2H3,(H,16,17). The number of hydrogen-bond acceptors (Lipinski definition) is 6. The van der Waals surface area contributed by atoms with Crippen molar-refractivity contribution in [3.63, 3.8) is 0 Å². The van der Waals surface area contributed by atoms with Crippen LogP contribution in [0.4, 0.5) is 11.5 Å². The van der Waals surface area contributed by atoms with Crippen molar-refractivity contribution >= 4 is 28.8 Å². The number of hydrogen-bond donors (Lipinski definition) is 1. The average Bonchev–Trinajstić information content (AvgIpc) is 3.04. The molecule has 1 aliphatic rings. The minimum Gasteiger partial charge on any atom is -0.465 e. The summed E-state index contributed by atoms with van der Waals surface area (Å²) in [7, 11) is 0. The summed E-state index contributed by atoms with van der Waals surface area (Å²) in [5.41, 5.74) is 0.932. The number of ether oxygens (including phenoxy) is 1. The number of nitrogens with zero attached hydrogens (tertiary/aromatic N) is 2. The molecular weight excluding hydrogens is 286 g/mol. The molecule has 1 aliphatic heterocycles. The summed E-state index contributed by atoms with van der Waals surface area (Å²) >= 11 is 1.72. The summed E-state index contributed by atoms with van der Waals surface area (Å²) in [5, 5.41) is 3.38. The van der Waals surface area contributed by atoms with E-state index in [0.29, 0.717) is 6.61 Å². The Morgan fingerprint density at radius 1 is 1.48 bits per heavy atom. The lowest BCUT2D eigenvalue weighted by Gasteiger charge is -2.24. The highest BCUT2D eigenvalue weighted by atomic mass is 32.1. The maximum Gasteiger partial charge on any atom is 0.325 e. The molecule has 0 aliphatic carbocycles. The summed E-state index contributed by atoms with van der Waals surface area (Å²) in [6, 6.07) is 8.01. The van der Waals surface area contributed by atoms with E-state index in [4.69, 9.17) is 4.74 Å². The molecule has 0 bridgehead atoms. The molecule has 1 unspecified atom stereocenters. The maximum absolute atomic E-state index is 11.9. The number of nitrogens with one attached hydrogen (secondary N) is 1. The topological polar surface area (TPSA) is 54.5 Å². The molecule has 1 atom stereocenters. The van der Waals surface area contributed by atoms with E-state index in [1.54, 1.807) is 17.5 Å². The summed E-state index contributed by atoms with van der Waals surface area (Å²) < 4.78 is 5.08. The van der Waals surface area contributed by atoms with Crippen LogP contribution in [0.25, 0.3) is 0 Å². The van der Waals surface area contributed by atoms with Crippen molar-refractivity contribution in [3.8, 4) is 0 Å². The summed E-state index contributed by atoms with van der Waals surface area (Å²) in [6.07, 6.45) is 1.68. The van der Waals surface area contributed by atoms with Crippen LogP contribution >= 0.6 is 11.3 Å². The molecule has 1 N–H and O–H groups in total. The van der Waals surface area contributed by atoms with Crippen LogP contribution < -0.4 is 10.2 Å². The molecular formula is C15H17N3O2S. The van der Waals surface area contributed by atoms with Gasteiger partial charge in [0.1, 0.15) is 12.7 Å². The highest BCUT2D eigenvalue weighted by Gasteiger charge is 2.33. The first-order chi connectivity index (χ1) is 10.2. The predicted octanol–water partition coefficient (Wildman–Crippen LogP) is 2.95. The van der Waals surface area contributed by atoms with Gasteiger partial charge in [-0.25, -0.2) is 4.98 Å². The van der Waals surface area contributed by atoms with E-state index in [9.17, 15) is 4.79 Å². The van der Waals surface area contributed by atoms with Crippen molar-refractivity contribution in [1.82, 2.24) is 4.98 Å². The molecule has 2 aromatic rings. The fourth-order valence-electron chi connectivity index (χ4n) is 2.43. The monoisotopic (exact) mass is 303 g/mol. The second kappa shape index (κ2) is 5.73. The number of esters is 1. The zero-order valence-electron chi connectivity index (χ0n) is 12.0. The second-order valence-electron chi connectivity index (χ2n) is 4.80. The molecule has 2 aromatic heterocycles. The molecule has 3 rings (SSSR count). The van der Waals surface area contributed by atoms with Gasteiger partial charge in [0.2, 0.25) is 0 Å². The van der Waals surface area contributed by atoms with Crippen molar-refractivity contribution in [1.29, 1.82) is 0 Å². The molecule has 0 aromatic carbocycles. The van der Waals surface area contributed by atoms with Crippen molar-refractivity contribution in [2.75, 3.05) is 23.4 Å². The molecule has 3 heterocycles. The van der Waals surface area contributed by atoms with E-state index in [2.05, 4.69) is 29.4 Å². The lowest BCUT2D eigenvalue weighted by Crippen LogP contribution is -2.33. The molecule has 0 saturated heterocycles. The Labute approximate surface area is 127 Å². The van der Waals surface area contributed by atoms with Gasteiger partial charge in [-0.2, -0.15) is 0 Å². The number of thiophene rings is 1. The van der Waals surface area contributed by atoms with Crippen LogP contribution in [0.3, 0.4) is 0 Å². The molecule has 21 heavy (non-hydrogen) atoms. The van der Waals surface area contributed by atoms with Crippen LogP contribution in [0.2, 0.25) is 0 Å². The number of anilines is 2. The quantitative estimate of drug-likeness (QED) is 0.880. The van der Waals surface area contributed by atoms with Crippen molar-refractivity contribution in [2.45, 2.75) is 20.0 Å². The van der Waals surface area contributed by atoms with Crippen LogP contribution in [-0.2, 0) is 9.53 Å². The van der Waals surface area contributed by atoms with Crippen LogP contribution in [0.5, 0.6) is 0 Å². The predicted molar refractivity (Wildman–Crippen MR) is 83.6 cm³/mol. The summed E-state index contributed by atoms with van der Waals surface area (Å²) in [4.78, 5) is 20.6. The van der Waals surface area contributed by atoms with Crippen LogP contribution in [-0.4, -0.2) is 24.1 Å². The normalized spacial score (nSPS) is 16.5. The Morgan fingerprint density at radius 3 is 3.05 bits per heavy atom. The highest BCUT2D eigenvalue weighted by Crippen LogP contribution is 2.41. The minimum absolute atomic E-state index is 0.0713. The van der Waals surface area contributed by atoms with Gasteiger partial charge >= 0.3 is 5.97 Å². The van der Waals surface area contributed by atoms with Crippen molar-refractivity contribution in [2.24, 2.45) is 0 Å². The highest BCUT2D eigenvalue weighted by molar-refractivity contribution is 7.12. The average molecular weight is 303 g/mol. The van der Waals surface area contributed by atoms with E-state index in [1.807, 2.05) is 24.0 Å². The van der Waals surface area contributed by atoms with E-state index in [1.165, 1.54) is 4.88 Å². The van der Waals surface area contributed by atoms with Gasteiger partial charge < -0.3 is 15.0 Å². The Morgan fingerprint density at radius 2 is 2.33 bits per heavy atom. The number of carbonyl (C=O) groups excluding carboxylic acids is 1. The van der Waals surface area contributed by atoms with Gasteiger partial charge in [0.05, 0.1) is 12.3 Å². The van der Waals surface area contributed by atoms with Crippen LogP contribution in [0.1, 0.15) is 22.8 Å². The van der Waals surface area contributed by atoms with Gasteiger partial charge in [0.15, 0.2) is 5.82 Å². The first-order valence-corrected chi connectivity index (χ1v) is 7.71. The molecule has 6 heteroatoms. The van der Waals surface area contributed by atoms with E-state index >= 15 is 0 Å². The van der Waals surface area contributed by atoms with E-state index in [0.717, 1.165) is 16.4 Å². The largest absolute Gasteiger partial charge is 0.465 e.